The van der Waals surface area contributed by atoms with Crippen molar-refractivity contribution in [2.75, 3.05) is 32.7 Å². The molecular formula is C17H35N3. The lowest BCUT2D eigenvalue weighted by molar-refractivity contribution is 0.00519. The van der Waals surface area contributed by atoms with Crippen molar-refractivity contribution in [2.24, 2.45) is 11.7 Å². The molecule has 0 amide bonds. The fraction of sp³-hybridized carbons (Fsp3) is 1.00. The Morgan fingerprint density at radius 3 is 2.60 bits per heavy atom. The summed E-state index contributed by atoms with van der Waals surface area (Å²) in [6.45, 7) is 13.0. The van der Waals surface area contributed by atoms with Crippen LogP contribution in [0, 0.1) is 5.92 Å². The molecule has 3 heteroatoms. The zero-order valence-corrected chi connectivity index (χ0v) is 13.9. The van der Waals surface area contributed by atoms with Crippen molar-refractivity contribution in [3.63, 3.8) is 0 Å². The standard InChI is InChI=1S/C17H35N3/c1-4-9-19-10-5-7-17(14-18,8-12-19)20-11-6-15(2)13-16(20)3/h15-16H,4-14,18H2,1-3H3. The Morgan fingerprint density at radius 1 is 1.15 bits per heavy atom. The predicted octanol–water partition coefficient (Wildman–Crippen LogP) is 2.70. The van der Waals surface area contributed by atoms with Crippen LogP contribution in [0.15, 0.2) is 0 Å². The van der Waals surface area contributed by atoms with Crippen LogP contribution in [0.3, 0.4) is 0 Å². The number of likely N-dealkylation sites (tertiary alicyclic amines) is 2. The average Bonchev–Trinajstić information content (AvgIpc) is 2.63. The van der Waals surface area contributed by atoms with Gasteiger partial charge in [-0.1, -0.05) is 13.8 Å². The Hall–Kier alpha value is -0.120. The molecule has 3 nitrogen and oxygen atoms in total. The molecule has 0 aliphatic carbocycles. The number of piperidine rings is 1. The summed E-state index contributed by atoms with van der Waals surface area (Å²) in [5, 5.41) is 0. The van der Waals surface area contributed by atoms with Crippen molar-refractivity contribution in [1.29, 1.82) is 0 Å². The largest absolute Gasteiger partial charge is 0.329 e. The number of nitrogens with two attached hydrogens (primary N) is 1. The van der Waals surface area contributed by atoms with Gasteiger partial charge < -0.3 is 10.6 Å². The summed E-state index contributed by atoms with van der Waals surface area (Å²) in [5.41, 5.74) is 6.57. The Morgan fingerprint density at radius 2 is 1.95 bits per heavy atom. The predicted molar refractivity (Wildman–Crippen MR) is 86.9 cm³/mol. The minimum absolute atomic E-state index is 0.280. The first-order chi connectivity index (χ1) is 9.61. The van der Waals surface area contributed by atoms with Crippen LogP contribution in [-0.2, 0) is 0 Å². The van der Waals surface area contributed by atoms with Gasteiger partial charge in [0.05, 0.1) is 0 Å². The van der Waals surface area contributed by atoms with Crippen molar-refractivity contribution in [3.05, 3.63) is 0 Å². The fourth-order valence-electron chi connectivity index (χ4n) is 4.50. The second-order valence-electron chi connectivity index (χ2n) is 7.30. The van der Waals surface area contributed by atoms with Crippen LogP contribution in [0.5, 0.6) is 0 Å². The maximum atomic E-state index is 6.29. The van der Waals surface area contributed by atoms with Gasteiger partial charge in [0.2, 0.25) is 0 Å². The molecule has 2 saturated heterocycles. The lowest BCUT2D eigenvalue weighted by atomic mass is 9.82. The van der Waals surface area contributed by atoms with E-state index in [-0.39, 0.29) is 5.54 Å². The van der Waals surface area contributed by atoms with Gasteiger partial charge in [0.1, 0.15) is 0 Å². The van der Waals surface area contributed by atoms with E-state index in [1.807, 2.05) is 0 Å². The molecular weight excluding hydrogens is 246 g/mol. The molecule has 0 bridgehead atoms. The quantitative estimate of drug-likeness (QED) is 0.860. The van der Waals surface area contributed by atoms with Gasteiger partial charge in [-0.25, -0.2) is 0 Å². The summed E-state index contributed by atoms with van der Waals surface area (Å²) in [6.07, 6.45) is 7.85. The minimum Gasteiger partial charge on any atom is -0.329 e. The Kier molecular flexibility index (Phi) is 5.88. The zero-order chi connectivity index (χ0) is 14.6. The van der Waals surface area contributed by atoms with E-state index < -0.39 is 0 Å². The lowest BCUT2D eigenvalue weighted by Gasteiger charge is -2.50. The molecule has 2 N–H and O–H groups in total. The summed E-state index contributed by atoms with van der Waals surface area (Å²) in [6, 6.07) is 0.708. The van der Waals surface area contributed by atoms with Crippen molar-refractivity contribution in [3.8, 4) is 0 Å². The fourth-order valence-corrected chi connectivity index (χ4v) is 4.50. The summed E-state index contributed by atoms with van der Waals surface area (Å²) >= 11 is 0. The van der Waals surface area contributed by atoms with Gasteiger partial charge in [-0.15, -0.1) is 0 Å². The molecule has 0 spiro atoms. The molecule has 20 heavy (non-hydrogen) atoms. The molecule has 2 rings (SSSR count). The van der Waals surface area contributed by atoms with Crippen LogP contribution in [0.4, 0.5) is 0 Å². The molecule has 2 aliphatic heterocycles. The van der Waals surface area contributed by atoms with Crippen molar-refractivity contribution in [2.45, 2.75) is 70.9 Å². The summed E-state index contributed by atoms with van der Waals surface area (Å²) < 4.78 is 0. The van der Waals surface area contributed by atoms with E-state index in [1.165, 1.54) is 64.7 Å². The molecule has 0 aromatic carbocycles. The van der Waals surface area contributed by atoms with Gasteiger partial charge in [0.25, 0.3) is 0 Å². The first-order valence-electron chi connectivity index (χ1n) is 8.80. The van der Waals surface area contributed by atoms with E-state index in [4.69, 9.17) is 5.73 Å². The molecule has 118 valence electrons. The van der Waals surface area contributed by atoms with Gasteiger partial charge in [0.15, 0.2) is 0 Å². The maximum absolute atomic E-state index is 6.29. The minimum atomic E-state index is 0.280. The topological polar surface area (TPSA) is 32.5 Å². The molecule has 3 atom stereocenters. The van der Waals surface area contributed by atoms with Gasteiger partial charge in [-0.05, 0) is 77.5 Å². The van der Waals surface area contributed by atoms with Crippen LogP contribution in [-0.4, -0.2) is 54.1 Å². The average molecular weight is 281 g/mol. The molecule has 2 fully saturated rings. The van der Waals surface area contributed by atoms with Crippen molar-refractivity contribution in [1.82, 2.24) is 9.80 Å². The highest BCUT2D eigenvalue weighted by atomic mass is 15.3. The molecule has 2 heterocycles. The van der Waals surface area contributed by atoms with Crippen molar-refractivity contribution >= 4 is 0 Å². The van der Waals surface area contributed by atoms with Crippen LogP contribution >= 0.6 is 0 Å². The van der Waals surface area contributed by atoms with Gasteiger partial charge in [-0.2, -0.15) is 0 Å². The number of hydrogen-bond acceptors (Lipinski definition) is 3. The molecule has 0 saturated carbocycles. The summed E-state index contributed by atoms with van der Waals surface area (Å²) in [5.74, 6) is 0.887. The summed E-state index contributed by atoms with van der Waals surface area (Å²) in [7, 11) is 0. The monoisotopic (exact) mass is 281 g/mol. The highest BCUT2D eigenvalue weighted by Gasteiger charge is 2.40. The van der Waals surface area contributed by atoms with Gasteiger partial charge in [0, 0.05) is 18.1 Å². The molecule has 3 unspecified atom stereocenters. The first kappa shape index (κ1) is 16.3. The van der Waals surface area contributed by atoms with Crippen LogP contribution < -0.4 is 5.73 Å². The molecule has 0 radical (unpaired) electrons. The third-order valence-corrected chi connectivity index (χ3v) is 5.68. The third-order valence-electron chi connectivity index (χ3n) is 5.68. The first-order valence-corrected chi connectivity index (χ1v) is 8.80. The van der Waals surface area contributed by atoms with E-state index >= 15 is 0 Å². The number of rotatable bonds is 4. The molecule has 2 aliphatic rings. The second-order valence-corrected chi connectivity index (χ2v) is 7.30. The van der Waals surface area contributed by atoms with E-state index in [0.717, 1.165) is 12.5 Å². The van der Waals surface area contributed by atoms with Crippen molar-refractivity contribution < 1.29 is 0 Å². The van der Waals surface area contributed by atoms with E-state index in [9.17, 15) is 0 Å². The van der Waals surface area contributed by atoms with E-state index in [0.29, 0.717) is 6.04 Å². The molecule has 0 aromatic heterocycles. The lowest BCUT2D eigenvalue weighted by Crippen LogP contribution is -2.59. The third kappa shape index (κ3) is 3.55. The van der Waals surface area contributed by atoms with Crippen LogP contribution in [0.25, 0.3) is 0 Å². The molecule has 0 aromatic rings. The van der Waals surface area contributed by atoms with E-state index in [1.54, 1.807) is 0 Å². The highest BCUT2D eigenvalue weighted by molar-refractivity contribution is 4.98. The number of hydrogen-bond donors (Lipinski definition) is 1. The maximum Gasteiger partial charge on any atom is 0.0347 e. The Labute approximate surface area is 125 Å². The van der Waals surface area contributed by atoms with E-state index in [2.05, 4.69) is 30.6 Å². The van der Waals surface area contributed by atoms with Crippen LogP contribution in [0.2, 0.25) is 0 Å². The normalized spacial score (nSPS) is 37.8. The zero-order valence-electron chi connectivity index (χ0n) is 13.9. The number of nitrogens with zero attached hydrogens (tertiary/aromatic N) is 2. The summed E-state index contributed by atoms with van der Waals surface area (Å²) in [4.78, 5) is 5.43. The Balaban J connectivity index is 2.05. The van der Waals surface area contributed by atoms with Gasteiger partial charge >= 0.3 is 0 Å². The highest BCUT2D eigenvalue weighted by Crippen LogP contribution is 2.35. The smallest absolute Gasteiger partial charge is 0.0347 e. The SMILES string of the molecule is CCCN1CCCC(CN)(N2CCC(C)CC2C)CC1. The Bertz CT molecular complexity index is 294. The van der Waals surface area contributed by atoms with Crippen LogP contribution in [0.1, 0.15) is 59.3 Å². The second kappa shape index (κ2) is 7.24. The van der Waals surface area contributed by atoms with Gasteiger partial charge in [-0.3, -0.25) is 4.90 Å².